The molecule has 1 fully saturated rings. The molecule has 0 unspecified atom stereocenters. The average Bonchev–Trinajstić information content (AvgIpc) is 3.18. The number of carboxylic acids is 2. The van der Waals surface area contributed by atoms with Crippen molar-refractivity contribution in [3.63, 3.8) is 0 Å². The Balaban J connectivity index is 0.000000265. The second-order valence-corrected chi connectivity index (χ2v) is 8.42. The van der Waals surface area contributed by atoms with Crippen LogP contribution in [0.15, 0.2) is 76.6 Å². The molecule has 32 heavy (non-hydrogen) atoms. The molecule has 1 aliphatic carbocycles. The van der Waals surface area contributed by atoms with Crippen LogP contribution in [0.4, 0.5) is 0 Å². The molecule has 1 aromatic rings. The molecule has 2 N–H and O–H groups in total. The second-order valence-electron chi connectivity index (χ2n) is 8.42. The van der Waals surface area contributed by atoms with Crippen molar-refractivity contribution < 1.29 is 19.8 Å². The third-order valence-corrected chi connectivity index (χ3v) is 6.60. The van der Waals surface area contributed by atoms with Crippen molar-refractivity contribution in [1.29, 1.82) is 0 Å². The summed E-state index contributed by atoms with van der Waals surface area (Å²) in [5.74, 6) is -2.51. The highest BCUT2D eigenvalue weighted by Gasteiger charge is 2.48. The number of hydrogen-bond acceptors (Lipinski definition) is 5. The smallest absolute Gasteiger partial charge is 0.328 e. The van der Waals surface area contributed by atoms with Crippen molar-refractivity contribution in [3.05, 3.63) is 82.2 Å². The zero-order valence-electron chi connectivity index (χ0n) is 18.3. The second kappa shape index (κ2) is 8.59. The minimum atomic E-state index is -1.26. The first-order chi connectivity index (χ1) is 15.3. The van der Waals surface area contributed by atoms with E-state index in [-0.39, 0.29) is 5.54 Å². The van der Waals surface area contributed by atoms with Crippen LogP contribution in [-0.4, -0.2) is 64.7 Å². The summed E-state index contributed by atoms with van der Waals surface area (Å²) in [5, 5.41) is 18.1. The van der Waals surface area contributed by atoms with Crippen molar-refractivity contribution >= 4 is 17.5 Å². The van der Waals surface area contributed by atoms with Gasteiger partial charge in [-0.05, 0) is 38.5 Å². The maximum atomic E-state index is 9.55. The van der Waals surface area contributed by atoms with Crippen molar-refractivity contribution in [1.82, 2.24) is 9.80 Å². The summed E-state index contributed by atoms with van der Waals surface area (Å²) in [5.41, 5.74) is 5.59. The highest BCUT2D eigenvalue weighted by atomic mass is 16.4. The Morgan fingerprint density at radius 1 is 1.06 bits per heavy atom. The number of benzene rings is 1. The van der Waals surface area contributed by atoms with Gasteiger partial charge in [-0.1, -0.05) is 30.4 Å². The number of fused-ring (bicyclic) bond motifs is 4. The Labute approximate surface area is 186 Å². The van der Waals surface area contributed by atoms with E-state index < -0.39 is 11.9 Å². The number of aliphatic carboxylic acids is 2. The summed E-state index contributed by atoms with van der Waals surface area (Å²) in [6, 6.07) is 8.69. The summed E-state index contributed by atoms with van der Waals surface area (Å²) in [6.07, 6.45) is 11.2. The van der Waals surface area contributed by atoms with E-state index in [0.717, 1.165) is 37.7 Å². The van der Waals surface area contributed by atoms with Gasteiger partial charge in [-0.25, -0.2) is 14.6 Å². The van der Waals surface area contributed by atoms with Crippen molar-refractivity contribution in [2.45, 2.75) is 24.8 Å². The minimum absolute atomic E-state index is 0.0818. The lowest BCUT2D eigenvalue weighted by molar-refractivity contribution is -0.134. The molecule has 1 saturated heterocycles. The Hall–Kier alpha value is -3.45. The number of piperidine rings is 1. The highest BCUT2D eigenvalue weighted by Crippen LogP contribution is 2.49. The van der Waals surface area contributed by atoms with Crippen LogP contribution in [0.1, 0.15) is 19.3 Å². The van der Waals surface area contributed by atoms with Crippen LogP contribution < -0.4 is 10.6 Å². The van der Waals surface area contributed by atoms with Crippen LogP contribution in [0, 0.1) is 0 Å². The first-order valence-corrected chi connectivity index (χ1v) is 10.7. The monoisotopic (exact) mass is 433 g/mol. The lowest BCUT2D eigenvalue weighted by Crippen LogP contribution is -2.57. The van der Waals surface area contributed by atoms with E-state index in [1.807, 2.05) is 0 Å². The van der Waals surface area contributed by atoms with Gasteiger partial charge in [0.25, 0.3) is 0 Å². The molecule has 1 spiro atoms. The molecule has 0 amide bonds. The lowest BCUT2D eigenvalue weighted by atomic mass is 9.72. The van der Waals surface area contributed by atoms with Crippen LogP contribution in [0.2, 0.25) is 0 Å². The van der Waals surface area contributed by atoms with Gasteiger partial charge in [0.2, 0.25) is 0 Å². The number of likely N-dealkylation sites (N-methyl/N-ethyl adjacent to an activating group) is 1. The first-order valence-electron chi connectivity index (χ1n) is 10.7. The molecule has 0 bridgehead atoms. The fraction of sp³-hybridized carbons (Fsp3) is 0.320. The van der Waals surface area contributed by atoms with Gasteiger partial charge in [-0.15, -0.1) is 0 Å². The molecule has 7 nitrogen and oxygen atoms in total. The summed E-state index contributed by atoms with van der Waals surface area (Å²) in [7, 11) is 4.53. The standard InChI is InChI=1S/C21H23N3.C4H4O4/c1-23-13-11-21(12-14-23)19-15-7-3-5-9-17(15)22-20(19)16-8-4-6-10-18(16)24(21)2;5-3(6)1-2-4(7)8/h3-7,9-10H,8,11-14H2,1-2H3;1-2H,(H,5,6)(H,7,8)/b;2-1+. The number of nitrogens with zero attached hydrogens (tertiary/aromatic N) is 3. The van der Waals surface area contributed by atoms with Gasteiger partial charge in [0.15, 0.2) is 0 Å². The average molecular weight is 434 g/mol. The number of likely N-dealkylation sites (tertiary alicyclic amines) is 1. The molecule has 0 radical (unpaired) electrons. The van der Waals surface area contributed by atoms with Crippen LogP contribution in [0.25, 0.3) is 5.57 Å². The summed E-state index contributed by atoms with van der Waals surface area (Å²) in [6.45, 7) is 2.28. The molecule has 4 aliphatic rings. The summed E-state index contributed by atoms with van der Waals surface area (Å²) in [4.78, 5) is 29.2. The molecule has 0 saturated carbocycles. The van der Waals surface area contributed by atoms with E-state index in [4.69, 9.17) is 15.2 Å². The Kier molecular flexibility index (Phi) is 5.84. The van der Waals surface area contributed by atoms with E-state index in [2.05, 4.69) is 66.4 Å². The first kappa shape index (κ1) is 21.8. The number of para-hydroxylation sites is 1. The number of hydrogen-bond donors (Lipinski definition) is 2. The largest absolute Gasteiger partial charge is 0.478 e. The molecule has 3 aliphatic heterocycles. The number of rotatable bonds is 2. The Morgan fingerprint density at radius 3 is 2.38 bits per heavy atom. The van der Waals surface area contributed by atoms with E-state index in [0.29, 0.717) is 12.2 Å². The third kappa shape index (κ3) is 3.80. The number of carboxylic acid groups (broad SMARTS) is 2. The van der Waals surface area contributed by atoms with Crippen molar-refractivity contribution in [3.8, 4) is 0 Å². The minimum Gasteiger partial charge on any atom is -0.478 e. The highest BCUT2D eigenvalue weighted by molar-refractivity contribution is 5.89. The van der Waals surface area contributed by atoms with Crippen LogP contribution in [0.5, 0.6) is 0 Å². The molecule has 7 heteroatoms. The van der Waals surface area contributed by atoms with Crippen LogP contribution in [-0.2, 0) is 9.59 Å². The predicted molar refractivity (Wildman–Crippen MR) is 121 cm³/mol. The molecule has 1 aromatic carbocycles. The SMILES string of the molecule is CN1CCC2(CC1)C1=c3ccccc3=NC1=C1CC=CC=C1N2C.O=C(O)/C=C/C(=O)O. The van der Waals surface area contributed by atoms with Gasteiger partial charge < -0.3 is 20.0 Å². The number of allylic oxidation sites excluding steroid dienone is 4. The molecule has 0 atom stereocenters. The van der Waals surface area contributed by atoms with E-state index in [1.165, 1.54) is 27.8 Å². The van der Waals surface area contributed by atoms with E-state index >= 15 is 0 Å². The fourth-order valence-corrected chi connectivity index (χ4v) is 4.97. The van der Waals surface area contributed by atoms with Gasteiger partial charge in [0, 0.05) is 54.4 Å². The molecule has 166 valence electrons. The van der Waals surface area contributed by atoms with Crippen LogP contribution >= 0.6 is 0 Å². The summed E-state index contributed by atoms with van der Waals surface area (Å²) < 4.78 is 0. The Bertz CT molecular complexity index is 1180. The quantitative estimate of drug-likeness (QED) is 0.690. The molecular weight excluding hydrogens is 406 g/mol. The zero-order chi connectivity index (χ0) is 22.9. The van der Waals surface area contributed by atoms with Gasteiger partial charge in [-0.3, -0.25) is 0 Å². The molecule has 5 rings (SSSR count). The van der Waals surface area contributed by atoms with E-state index in [1.54, 1.807) is 0 Å². The normalized spacial score (nSPS) is 20.8. The maximum Gasteiger partial charge on any atom is 0.328 e. The number of carbonyl (C=O) groups is 2. The van der Waals surface area contributed by atoms with E-state index in [9.17, 15) is 9.59 Å². The van der Waals surface area contributed by atoms with Gasteiger partial charge >= 0.3 is 11.9 Å². The lowest BCUT2D eigenvalue weighted by Gasteiger charge is -2.53. The molecule has 0 aromatic heterocycles. The fourth-order valence-electron chi connectivity index (χ4n) is 4.97. The molecular formula is C25H27N3O4. The van der Waals surface area contributed by atoms with Gasteiger partial charge in [-0.2, -0.15) is 0 Å². The Morgan fingerprint density at radius 2 is 1.72 bits per heavy atom. The van der Waals surface area contributed by atoms with Crippen molar-refractivity contribution in [2.75, 3.05) is 27.2 Å². The third-order valence-electron chi connectivity index (χ3n) is 6.60. The van der Waals surface area contributed by atoms with Crippen molar-refractivity contribution in [2.24, 2.45) is 4.99 Å². The van der Waals surface area contributed by atoms with Crippen LogP contribution in [0.3, 0.4) is 0 Å². The maximum absolute atomic E-state index is 9.55. The van der Waals surface area contributed by atoms with Gasteiger partial charge in [0.1, 0.15) is 0 Å². The van der Waals surface area contributed by atoms with Gasteiger partial charge in [0.05, 0.1) is 16.6 Å². The zero-order valence-corrected chi connectivity index (χ0v) is 18.3. The topological polar surface area (TPSA) is 93.4 Å². The molecule has 3 heterocycles. The predicted octanol–water partition coefficient (Wildman–Crippen LogP) is 1.69. The summed E-state index contributed by atoms with van der Waals surface area (Å²) >= 11 is 0.